The fourth-order valence-electron chi connectivity index (χ4n) is 1.61. The third-order valence-corrected chi connectivity index (χ3v) is 2.51. The van der Waals surface area contributed by atoms with Crippen LogP contribution in [0.1, 0.15) is 20.8 Å². The molecule has 0 amide bonds. The highest BCUT2D eigenvalue weighted by Crippen LogP contribution is 2.22. The summed E-state index contributed by atoms with van der Waals surface area (Å²) in [5.41, 5.74) is 0.825. The molecule has 2 aromatic rings. The second-order valence-corrected chi connectivity index (χ2v) is 4.67. The minimum absolute atomic E-state index is 0.112. The predicted molar refractivity (Wildman–Crippen MR) is 77.2 cm³/mol. The van der Waals surface area contributed by atoms with Crippen molar-refractivity contribution in [2.75, 3.05) is 6.61 Å². The summed E-state index contributed by atoms with van der Waals surface area (Å²) in [4.78, 5) is 12.2. The van der Waals surface area contributed by atoms with E-state index in [4.69, 9.17) is 21.1 Å². The van der Waals surface area contributed by atoms with Gasteiger partial charge in [0, 0.05) is 5.56 Å². The van der Waals surface area contributed by atoms with E-state index in [-0.39, 0.29) is 17.4 Å². The summed E-state index contributed by atoms with van der Waals surface area (Å²) in [7, 11) is 0. The first-order valence-electron chi connectivity index (χ1n) is 6.40. The van der Waals surface area contributed by atoms with Gasteiger partial charge in [-0.25, -0.2) is 0 Å². The number of ether oxygens (including phenoxy) is 2. The number of rotatable bonds is 5. The number of hydrogen-bond donors (Lipinski definition) is 0. The van der Waals surface area contributed by atoms with E-state index in [1.54, 1.807) is 0 Å². The van der Waals surface area contributed by atoms with Crippen molar-refractivity contribution in [2.45, 2.75) is 26.9 Å². The molecule has 0 aliphatic heterocycles. The van der Waals surface area contributed by atoms with Crippen LogP contribution in [0.2, 0.25) is 5.28 Å². The molecule has 0 aliphatic rings. The van der Waals surface area contributed by atoms with Gasteiger partial charge in [0.25, 0.3) is 0 Å². The largest absolute Gasteiger partial charge is 0.491 e. The van der Waals surface area contributed by atoms with E-state index in [2.05, 4.69) is 15.0 Å². The van der Waals surface area contributed by atoms with Crippen LogP contribution in [-0.2, 0) is 0 Å². The Morgan fingerprint density at radius 2 is 1.80 bits per heavy atom. The SMILES string of the molecule is CCOc1nc(Cl)nc(-c2ccc(OC(C)C)cc2)n1. The number of halogens is 1. The molecule has 0 fully saturated rings. The van der Waals surface area contributed by atoms with Crippen molar-refractivity contribution in [3.8, 4) is 23.1 Å². The average Bonchev–Trinajstić information content (AvgIpc) is 2.38. The summed E-state index contributed by atoms with van der Waals surface area (Å²) < 4.78 is 10.8. The van der Waals surface area contributed by atoms with Crippen LogP contribution in [0.4, 0.5) is 0 Å². The highest BCUT2D eigenvalue weighted by atomic mass is 35.5. The molecular formula is C14H16ClN3O2. The Balaban J connectivity index is 2.26. The molecule has 0 spiro atoms. The first kappa shape index (κ1) is 14.5. The van der Waals surface area contributed by atoms with Crippen LogP contribution in [0, 0.1) is 0 Å². The number of benzene rings is 1. The Kier molecular flexibility index (Phi) is 4.74. The fourth-order valence-corrected chi connectivity index (χ4v) is 1.76. The van der Waals surface area contributed by atoms with Crippen molar-refractivity contribution in [1.82, 2.24) is 15.0 Å². The van der Waals surface area contributed by atoms with Crippen molar-refractivity contribution in [3.05, 3.63) is 29.5 Å². The molecule has 2 rings (SSSR count). The average molecular weight is 294 g/mol. The molecule has 0 saturated carbocycles. The molecule has 1 aromatic carbocycles. The molecule has 0 saturated heterocycles. The lowest BCUT2D eigenvalue weighted by Crippen LogP contribution is -2.05. The van der Waals surface area contributed by atoms with Gasteiger partial charge in [0.05, 0.1) is 12.7 Å². The van der Waals surface area contributed by atoms with Gasteiger partial charge in [-0.05, 0) is 56.6 Å². The fraction of sp³-hybridized carbons (Fsp3) is 0.357. The van der Waals surface area contributed by atoms with Gasteiger partial charge in [-0.15, -0.1) is 0 Å². The van der Waals surface area contributed by atoms with Gasteiger partial charge in [-0.3, -0.25) is 0 Å². The monoisotopic (exact) mass is 293 g/mol. The molecule has 106 valence electrons. The maximum atomic E-state index is 5.87. The molecule has 5 nitrogen and oxygen atoms in total. The van der Waals surface area contributed by atoms with Crippen LogP contribution >= 0.6 is 11.6 Å². The van der Waals surface area contributed by atoms with Gasteiger partial charge in [0.1, 0.15) is 5.75 Å². The number of hydrogen-bond acceptors (Lipinski definition) is 5. The molecular weight excluding hydrogens is 278 g/mol. The zero-order valence-electron chi connectivity index (χ0n) is 11.6. The summed E-state index contributed by atoms with van der Waals surface area (Å²) in [6, 6.07) is 7.71. The van der Waals surface area contributed by atoms with Gasteiger partial charge >= 0.3 is 6.01 Å². The van der Waals surface area contributed by atoms with Crippen molar-refractivity contribution in [1.29, 1.82) is 0 Å². The van der Waals surface area contributed by atoms with Crippen molar-refractivity contribution < 1.29 is 9.47 Å². The van der Waals surface area contributed by atoms with E-state index in [1.807, 2.05) is 45.0 Å². The normalized spacial score (nSPS) is 10.7. The Hall–Kier alpha value is -1.88. The van der Waals surface area contributed by atoms with Gasteiger partial charge in [-0.2, -0.15) is 15.0 Å². The first-order chi connectivity index (χ1) is 9.58. The van der Waals surface area contributed by atoms with Crippen LogP contribution in [0.5, 0.6) is 11.8 Å². The molecule has 0 atom stereocenters. The minimum Gasteiger partial charge on any atom is -0.491 e. The topological polar surface area (TPSA) is 57.1 Å². The smallest absolute Gasteiger partial charge is 0.321 e. The standard InChI is InChI=1S/C14H16ClN3O2/c1-4-19-14-17-12(16-13(15)18-14)10-5-7-11(8-6-10)20-9(2)3/h5-9H,4H2,1-3H3. The number of nitrogens with zero attached hydrogens (tertiary/aromatic N) is 3. The van der Waals surface area contributed by atoms with Crippen LogP contribution in [0.15, 0.2) is 24.3 Å². The highest BCUT2D eigenvalue weighted by molar-refractivity contribution is 6.28. The summed E-state index contributed by atoms with van der Waals surface area (Å²) in [5.74, 6) is 1.28. The summed E-state index contributed by atoms with van der Waals surface area (Å²) >= 11 is 5.87. The van der Waals surface area contributed by atoms with Crippen LogP contribution in [0.25, 0.3) is 11.4 Å². The summed E-state index contributed by atoms with van der Waals surface area (Å²) in [6.45, 7) is 6.29. The van der Waals surface area contributed by atoms with E-state index in [0.29, 0.717) is 12.4 Å². The zero-order valence-corrected chi connectivity index (χ0v) is 12.4. The third kappa shape index (κ3) is 3.81. The molecule has 1 heterocycles. The lowest BCUT2D eigenvalue weighted by atomic mass is 10.2. The van der Waals surface area contributed by atoms with E-state index in [1.165, 1.54) is 0 Å². The Morgan fingerprint density at radius 1 is 1.10 bits per heavy atom. The maximum Gasteiger partial charge on any atom is 0.321 e. The molecule has 0 radical (unpaired) electrons. The van der Waals surface area contributed by atoms with E-state index in [0.717, 1.165) is 11.3 Å². The first-order valence-corrected chi connectivity index (χ1v) is 6.77. The van der Waals surface area contributed by atoms with Crippen molar-refractivity contribution in [2.24, 2.45) is 0 Å². The van der Waals surface area contributed by atoms with Crippen LogP contribution < -0.4 is 9.47 Å². The molecule has 20 heavy (non-hydrogen) atoms. The molecule has 0 bridgehead atoms. The second kappa shape index (κ2) is 6.52. The van der Waals surface area contributed by atoms with Crippen molar-refractivity contribution in [3.63, 3.8) is 0 Å². The lowest BCUT2D eigenvalue weighted by Gasteiger charge is -2.10. The van der Waals surface area contributed by atoms with Gasteiger partial charge in [0.2, 0.25) is 5.28 Å². The third-order valence-electron chi connectivity index (χ3n) is 2.35. The van der Waals surface area contributed by atoms with E-state index >= 15 is 0 Å². The zero-order chi connectivity index (χ0) is 14.5. The second-order valence-electron chi connectivity index (χ2n) is 4.33. The minimum atomic E-state index is 0.112. The molecule has 0 N–H and O–H groups in total. The molecule has 0 unspecified atom stereocenters. The summed E-state index contributed by atoms with van der Waals surface area (Å²) in [6.07, 6.45) is 0.136. The lowest BCUT2D eigenvalue weighted by molar-refractivity contribution is 0.242. The highest BCUT2D eigenvalue weighted by Gasteiger charge is 2.08. The summed E-state index contributed by atoms with van der Waals surface area (Å²) in [5, 5.41) is 0.112. The molecule has 0 aliphatic carbocycles. The van der Waals surface area contributed by atoms with Gasteiger partial charge in [0.15, 0.2) is 5.82 Å². The Morgan fingerprint density at radius 3 is 2.40 bits per heavy atom. The molecule has 1 aromatic heterocycles. The van der Waals surface area contributed by atoms with E-state index < -0.39 is 0 Å². The van der Waals surface area contributed by atoms with Crippen LogP contribution in [0.3, 0.4) is 0 Å². The maximum absolute atomic E-state index is 5.87. The molecule has 6 heteroatoms. The Bertz CT molecular complexity index is 573. The van der Waals surface area contributed by atoms with Crippen LogP contribution in [-0.4, -0.2) is 27.7 Å². The predicted octanol–water partition coefficient (Wildman–Crippen LogP) is 3.38. The van der Waals surface area contributed by atoms with Crippen molar-refractivity contribution >= 4 is 11.6 Å². The number of aromatic nitrogens is 3. The Labute approximate surface area is 123 Å². The van der Waals surface area contributed by atoms with Gasteiger partial charge < -0.3 is 9.47 Å². The van der Waals surface area contributed by atoms with E-state index in [9.17, 15) is 0 Å². The van der Waals surface area contributed by atoms with Gasteiger partial charge in [-0.1, -0.05) is 0 Å². The quantitative estimate of drug-likeness (QED) is 0.846.